The fourth-order valence-corrected chi connectivity index (χ4v) is 3.05. The molecule has 2 aromatic carbocycles. The summed E-state index contributed by atoms with van der Waals surface area (Å²) in [6.45, 7) is 10.0. The Balaban J connectivity index is 2.39. The van der Waals surface area contributed by atoms with Gasteiger partial charge in [-0.05, 0) is 83.4 Å². The highest BCUT2D eigenvalue weighted by molar-refractivity contribution is 5.98. The number of hydrogen-bond donors (Lipinski definition) is 2. The van der Waals surface area contributed by atoms with Crippen molar-refractivity contribution >= 4 is 29.6 Å². The summed E-state index contributed by atoms with van der Waals surface area (Å²) >= 11 is 0. The van der Waals surface area contributed by atoms with Crippen molar-refractivity contribution in [2.75, 3.05) is 18.0 Å². The lowest BCUT2D eigenvalue weighted by atomic mass is 10.1. The third-order valence-electron chi connectivity index (χ3n) is 4.59. The average Bonchev–Trinajstić information content (AvgIpc) is 2.70. The number of rotatable bonds is 5. The number of anilines is 2. The van der Waals surface area contributed by atoms with Crippen LogP contribution in [0.1, 0.15) is 52.7 Å². The molecule has 0 aromatic heterocycles. The Morgan fingerprint density at radius 2 is 1.29 bits per heavy atom. The van der Waals surface area contributed by atoms with Gasteiger partial charge in [-0.25, -0.2) is 24.2 Å². The van der Waals surface area contributed by atoms with Crippen molar-refractivity contribution in [3.05, 3.63) is 59.7 Å². The summed E-state index contributed by atoms with van der Waals surface area (Å²) in [4.78, 5) is 41.6. The standard InChI is InChI=1S/C26H36N4O5/c1-25(2,3)34-23(32)29(15-14-18-8-7-9-21(28)16-18)22(31)30(24(33)35-26(4,5)6)17-19-10-12-20(27)13-11-19/h7-13,16H,14-15,17,27-28H2,1-6H3. The Morgan fingerprint density at radius 1 is 0.743 bits per heavy atom. The first-order valence-corrected chi connectivity index (χ1v) is 11.4. The van der Waals surface area contributed by atoms with Crippen LogP contribution in [0, 0.1) is 0 Å². The first kappa shape index (κ1) is 27.5. The number of benzene rings is 2. The summed E-state index contributed by atoms with van der Waals surface area (Å²) in [5, 5.41) is 0. The van der Waals surface area contributed by atoms with Crippen LogP contribution < -0.4 is 11.5 Å². The van der Waals surface area contributed by atoms with Gasteiger partial charge < -0.3 is 20.9 Å². The van der Waals surface area contributed by atoms with Crippen molar-refractivity contribution in [2.24, 2.45) is 0 Å². The molecule has 0 bridgehead atoms. The Hall–Kier alpha value is -3.75. The summed E-state index contributed by atoms with van der Waals surface area (Å²) in [5.41, 5.74) is 12.5. The van der Waals surface area contributed by atoms with E-state index in [1.165, 1.54) is 0 Å². The lowest BCUT2D eigenvalue weighted by Gasteiger charge is -2.31. The zero-order valence-corrected chi connectivity index (χ0v) is 21.3. The average molecular weight is 485 g/mol. The summed E-state index contributed by atoms with van der Waals surface area (Å²) in [5.74, 6) is 0. The van der Waals surface area contributed by atoms with Crippen LogP contribution >= 0.6 is 0 Å². The van der Waals surface area contributed by atoms with Crippen LogP contribution in [0.2, 0.25) is 0 Å². The number of nitrogens with zero attached hydrogens (tertiary/aromatic N) is 2. The van der Waals surface area contributed by atoms with E-state index in [1.807, 2.05) is 6.07 Å². The van der Waals surface area contributed by atoms with Crippen molar-refractivity contribution in [1.82, 2.24) is 9.80 Å². The fourth-order valence-electron chi connectivity index (χ4n) is 3.05. The van der Waals surface area contributed by atoms with Gasteiger partial charge in [0.05, 0.1) is 6.54 Å². The predicted octanol–water partition coefficient (Wildman–Crippen LogP) is 5.19. The third-order valence-corrected chi connectivity index (χ3v) is 4.59. The van der Waals surface area contributed by atoms with Gasteiger partial charge in [0.15, 0.2) is 0 Å². The Bertz CT molecular complexity index is 1040. The Morgan fingerprint density at radius 3 is 1.80 bits per heavy atom. The number of nitrogens with two attached hydrogens (primary N) is 2. The minimum Gasteiger partial charge on any atom is -0.443 e. The van der Waals surface area contributed by atoms with E-state index in [1.54, 1.807) is 84.0 Å². The normalized spacial score (nSPS) is 11.5. The number of carbonyl (C=O) groups excluding carboxylic acids is 3. The number of carbonyl (C=O) groups is 3. The van der Waals surface area contributed by atoms with Crippen LogP contribution in [0.3, 0.4) is 0 Å². The first-order valence-electron chi connectivity index (χ1n) is 11.4. The number of nitrogen functional groups attached to an aromatic ring is 2. The maximum Gasteiger partial charge on any atom is 0.418 e. The largest absolute Gasteiger partial charge is 0.443 e. The Kier molecular flexibility index (Phi) is 8.73. The van der Waals surface area contributed by atoms with Gasteiger partial charge in [0.2, 0.25) is 0 Å². The molecule has 2 rings (SSSR count). The molecule has 0 fully saturated rings. The summed E-state index contributed by atoms with van der Waals surface area (Å²) in [7, 11) is 0. The minimum atomic E-state index is -0.878. The molecule has 190 valence electrons. The van der Waals surface area contributed by atoms with Gasteiger partial charge in [0.25, 0.3) is 0 Å². The molecule has 2 aromatic rings. The molecule has 0 spiro atoms. The monoisotopic (exact) mass is 484 g/mol. The zero-order valence-electron chi connectivity index (χ0n) is 21.3. The van der Waals surface area contributed by atoms with E-state index in [2.05, 4.69) is 0 Å². The molecule has 0 aliphatic rings. The fraction of sp³-hybridized carbons (Fsp3) is 0.423. The van der Waals surface area contributed by atoms with E-state index < -0.39 is 29.4 Å². The molecule has 4 N–H and O–H groups in total. The smallest absolute Gasteiger partial charge is 0.418 e. The highest BCUT2D eigenvalue weighted by atomic mass is 16.6. The molecule has 9 nitrogen and oxygen atoms in total. The molecular weight excluding hydrogens is 448 g/mol. The molecule has 4 amide bonds. The van der Waals surface area contributed by atoms with Crippen molar-refractivity contribution < 1.29 is 23.9 Å². The zero-order chi connectivity index (χ0) is 26.4. The molecule has 0 saturated carbocycles. The number of amides is 4. The number of imide groups is 2. The van der Waals surface area contributed by atoms with E-state index in [-0.39, 0.29) is 13.1 Å². The predicted molar refractivity (Wildman–Crippen MR) is 136 cm³/mol. The molecule has 0 unspecified atom stereocenters. The van der Waals surface area contributed by atoms with Crippen LogP contribution in [-0.4, -0.2) is 45.8 Å². The van der Waals surface area contributed by atoms with Gasteiger partial charge in [0, 0.05) is 17.9 Å². The lowest BCUT2D eigenvalue weighted by molar-refractivity contribution is 0.0177. The van der Waals surface area contributed by atoms with E-state index >= 15 is 0 Å². The summed E-state index contributed by atoms with van der Waals surface area (Å²) in [6.07, 6.45) is -1.42. The topological polar surface area (TPSA) is 128 Å². The molecule has 9 heteroatoms. The molecule has 0 atom stereocenters. The molecule has 35 heavy (non-hydrogen) atoms. The van der Waals surface area contributed by atoms with Crippen molar-refractivity contribution in [3.8, 4) is 0 Å². The van der Waals surface area contributed by atoms with E-state index in [9.17, 15) is 14.4 Å². The van der Waals surface area contributed by atoms with Crippen LogP contribution in [0.25, 0.3) is 0 Å². The molecule has 0 aliphatic carbocycles. The minimum absolute atomic E-state index is 0.0295. The van der Waals surface area contributed by atoms with Gasteiger partial charge >= 0.3 is 18.2 Å². The van der Waals surface area contributed by atoms with Crippen LogP contribution in [0.15, 0.2) is 48.5 Å². The molecule has 0 radical (unpaired) electrons. The Labute approximate surface area is 207 Å². The van der Waals surface area contributed by atoms with Crippen LogP contribution in [0.5, 0.6) is 0 Å². The first-order chi connectivity index (χ1) is 16.1. The second kappa shape index (κ2) is 11.1. The number of urea groups is 1. The van der Waals surface area contributed by atoms with Crippen LogP contribution in [-0.2, 0) is 22.4 Å². The molecular formula is C26H36N4O5. The number of ether oxygens (including phenoxy) is 2. The third kappa shape index (κ3) is 9.19. The highest BCUT2D eigenvalue weighted by Crippen LogP contribution is 2.19. The second-order valence-corrected chi connectivity index (χ2v) is 10.2. The van der Waals surface area contributed by atoms with E-state index in [4.69, 9.17) is 20.9 Å². The van der Waals surface area contributed by atoms with Gasteiger partial charge in [0.1, 0.15) is 11.2 Å². The number of hydrogen-bond acceptors (Lipinski definition) is 7. The SMILES string of the molecule is CC(C)(C)OC(=O)N(CCc1cccc(N)c1)C(=O)N(Cc1ccc(N)cc1)C(=O)OC(C)(C)C. The second-order valence-electron chi connectivity index (χ2n) is 10.2. The maximum absolute atomic E-state index is 13.7. The summed E-state index contributed by atoms with van der Waals surface area (Å²) < 4.78 is 10.9. The summed E-state index contributed by atoms with van der Waals surface area (Å²) in [6, 6.07) is 13.0. The maximum atomic E-state index is 13.7. The van der Waals surface area contributed by atoms with E-state index in [0.717, 1.165) is 15.4 Å². The van der Waals surface area contributed by atoms with Crippen LogP contribution in [0.4, 0.5) is 25.8 Å². The lowest BCUT2D eigenvalue weighted by Crippen LogP contribution is -2.51. The van der Waals surface area contributed by atoms with Gasteiger partial charge in [-0.1, -0.05) is 24.3 Å². The highest BCUT2D eigenvalue weighted by Gasteiger charge is 2.35. The van der Waals surface area contributed by atoms with Crippen molar-refractivity contribution in [1.29, 1.82) is 0 Å². The van der Waals surface area contributed by atoms with Gasteiger partial charge in [-0.15, -0.1) is 0 Å². The molecule has 0 aliphatic heterocycles. The van der Waals surface area contributed by atoms with Gasteiger partial charge in [-0.3, -0.25) is 0 Å². The van der Waals surface area contributed by atoms with Gasteiger partial charge in [-0.2, -0.15) is 0 Å². The van der Waals surface area contributed by atoms with Crippen molar-refractivity contribution in [2.45, 2.75) is 65.7 Å². The molecule has 0 heterocycles. The molecule has 0 saturated heterocycles. The van der Waals surface area contributed by atoms with Crippen molar-refractivity contribution in [3.63, 3.8) is 0 Å². The van der Waals surface area contributed by atoms with E-state index in [0.29, 0.717) is 23.4 Å². The quantitative estimate of drug-likeness (QED) is 0.559.